The number of rotatable bonds is 9. The number of hydrogen-bond donors (Lipinski definition) is 1. The quantitative estimate of drug-likeness (QED) is 0.448. The molecule has 0 unspecified atom stereocenters. The van der Waals surface area contributed by atoms with Gasteiger partial charge in [0, 0.05) is 32.0 Å². The topological polar surface area (TPSA) is 61.9 Å². The van der Waals surface area contributed by atoms with Crippen molar-refractivity contribution in [1.29, 1.82) is 0 Å². The zero-order chi connectivity index (χ0) is 25.5. The Hall–Kier alpha value is -3.80. The van der Waals surface area contributed by atoms with Crippen molar-refractivity contribution in [3.63, 3.8) is 0 Å². The van der Waals surface area contributed by atoms with E-state index >= 15 is 0 Å². The van der Waals surface area contributed by atoms with E-state index in [9.17, 15) is 9.59 Å². The third-order valence-corrected chi connectivity index (χ3v) is 7.01. The van der Waals surface area contributed by atoms with Gasteiger partial charge in [0.15, 0.2) is 0 Å². The molecule has 4 rings (SSSR count). The predicted molar refractivity (Wildman–Crippen MR) is 144 cm³/mol. The standard InChI is InChI=1S/C30H35N3O3/c1-32(2)26-15-13-25(14-16-26)31-29(35)30(19-7-8-20-30)33(22-24-11-17-27(36-3)18-12-24)28(34)21-23-9-5-4-6-10-23/h4-6,9-18H,7-8,19-22H2,1-3H3,(H,31,35). The Morgan fingerprint density at radius 1 is 0.861 bits per heavy atom. The number of carbonyl (C=O) groups is 2. The molecule has 1 aliphatic rings. The van der Waals surface area contributed by atoms with E-state index in [4.69, 9.17) is 4.74 Å². The number of amides is 2. The van der Waals surface area contributed by atoms with Gasteiger partial charge in [-0.3, -0.25) is 9.59 Å². The maximum atomic E-state index is 13.9. The summed E-state index contributed by atoms with van der Waals surface area (Å²) in [5.74, 6) is 0.597. The van der Waals surface area contributed by atoms with Gasteiger partial charge in [-0.25, -0.2) is 0 Å². The Morgan fingerprint density at radius 2 is 1.50 bits per heavy atom. The number of carbonyl (C=O) groups excluding carboxylic acids is 2. The molecule has 0 heterocycles. The fourth-order valence-corrected chi connectivity index (χ4v) is 4.93. The van der Waals surface area contributed by atoms with Crippen molar-refractivity contribution >= 4 is 23.2 Å². The summed E-state index contributed by atoms with van der Waals surface area (Å²) >= 11 is 0. The highest BCUT2D eigenvalue weighted by molar-refractivity contribution is 6.01. The van der Waals surface area contributed by atoms with E-state index in [0.29, 0.717) is 19.4 Å². The molecule has 2 amide bonds. The normalized spacial score (nSPS) is 14.2. The molecule has 188 valence electrons. The lowest BCUT2D eigenvalue weighted by Crippen LogP contribution is -2.57. The molecule has 6 nitrogen and oxygen atoms in total. The SMILES string of the molecule is COc1ccc(CN(C(=O)Cc2ccccc2)C2(C(=O)Nc3ccc(N(C)C)cc3)CCCC2)cc1. The second-order valence-electron chi connectivity index (χ2n) is 9.62. The lowest BCUT2D eigenvalue weighted by Gasteiger charge is -2.40. The lowest BCUT2D eigenvalue weighted by molar-refractivity contribution is -0.145. The van der Waals surface area contributed by atoms with Crippen LogP contribution in [0.3, 0.4) is 0 Å². The number of nitrogens with one attached hydrogen (secondary N) is 1. The molecule has 0 aromatic heterocycles. The van der Waals surface area contributed by atoms with Gasteiger partial charge >= 0.3 is 0 Å². The second-order valence-corrected chi connectivity index (χ2v) is 9.62. The zero-order valence-corrected chi connectivity index (χ0v) is 21.4. The molecule has 0 atom stereocenters. The predicted octanol–water partition coefficient (Wildman–Crippen LogP) is 5.28. The molecule has 3 aromatic rings. The Labute approximate surface area is 213 Å². The van der Waals surface area contributed by atoms with Crippen LogP contribution in [0.15, 0.2) is 78.9 Å². The Kier molecular flexibility index (Phi) is 7.93. The van der Waals surface area contributed by atoms with Crippen LogP contribution in [0.5, 0.6) is 5.75 Å². The summed E-state index contributed by atoms with van der Waals surface area (Å²) in [6, 6.07) is 25.2. The third-order valence-electron chi connectivity index (χ3n) is 7.01. The van der Waals surface area contributed by atoms with Crippen LogP contribution >= 0.6 is 0 Å². The van der Waals surface area contributed by atoms with Crippen LogP contribution in [-0.2, 0) is 22.6 Å². The maximum Gasteiger partial charge on any atom is 0.250 e. The van der Waals surface area contributed by atoms with Crippen molar-refractivity contribution in [3.8, 4) is 5.75 Å². The van der Waals surface area contributed by atoms with E-state index in [1.165, 1.54) is 0 Å². The van der Waals surface area contributed by atoms with Crippen LogP contribution in [0, 0.1) is 0 Å². The number of methoxy groups -OCH3 is 1. The number of nitrogens with zero attached hydrogens (tertiary/aromatic N) is 2. The maximum absolute atomic E-state index is 13.9. The van der Waals surface area contributed by atoms with Crippen molar-refractivity contribution in [3.05, 3.63) is 90.0 Å². The Balaban J connectivity index is 1.64. The molecule has 36 heavy (non-hydrogen) atoms. The Bertz CT molecular complexity index is 1150. The third kappa shape index (κ3) is 5.70. The summed E-state index contributed by atoms with van der Waals surface area (Å²) in [5.41, 5.74) is 2.80. The fraction of sp³-hybridized carbons (Fsp3) is 0.333. The first-order valence-corrected chi connectivity index (χ1v) is 12.5. The van der Waals surface area contributed by atoms with Gasteiger partial charge < -0.3 is 19.9 Å². The highest BCUT2D eigenvalue weighted by atomic mass is 16.5. The molecule has 1 saturated carbocycles. The minimum atomic E-state index is -0.897. The monoisotopic (exact) mass is 485 g/mol. The van der Waals surface area contributed by atoms with Crippen molar-refractivity contribution in [2.45, 2.75) is 44.2 Å². The van der Waals surface area contributed by atoms with Crippen molar-refractivity contribution in [2.75, 3.05) is 31.4 Å². The largest absolute Gasteiger partial charge is 0.497 e. The fourth-order valence-electron chi connectivity index (χ4n) is 4.93. The summed E-state index contributed by atoms with van der Waals surface area (Å²) in [4.78, 5) is 31.6. The van der Waals surface area contributed by atoms with Crippen molar-refractivity contribution in [2.24, 2.45) is 0 Å². The summed E-state index contributed by atoms with van der Waals surface area (Å²) in [6.45, 7) is 0.364. The van der Waals surface area contributed by atoms with Gasteiger partial charge in [0.05, 0.1) is 13.5 Å². The summed E-state index contributed by atoms with van der Waals surface area (Å²) in [6.07, 6.45) is 3.36. The molecule has 1 N–H and O–H groups in total. The first-order chi connectivity index (χ1) is 17.4. The summed E-state index contributed by atoms with van der Waals surface area (Å²) in [7, 11) is 5.60. The lowest BCUT2D eigenvalue weighted by atomic mass is 9.91. The van der Waals surface area contributed by atoms with Crippen molar-refractivity contribution < 1.29 is 14.3 Å². The van der Waals surface area contributed by atoms with Crippen LogP contribution in [-0.4, -0.2) is 43.5 Å². The zero-order valence-electron chi connectivity index (χ0n) is 21.4. The average molecular weight is 486 g/mol. The van der Waals surface area contributed by atoms with Gasteiger partial charge in [0.25, 0.3) is 0 Å². The molecule has 1 fully saturated rings. The van der Waals surface area contributed by atoms with E-state index in [2.05, 4.69) is 5.32 Å². The number of benzene rings is 3. The highest BCUT2D eigenvalue weighted by Gasteiger charge is 2.48. The molecule has 0 spiro atoms. The van der Waals surface area contributed by atoms with Crippen LogP contribution in [0.4, 0.5) is 11.4 Å². The van der Waals surface area contributed by atoms with Crippen LogP contribution in [0.25, 0.3) is 0 Å². The van der Waals surface area contributed by atoms with Gasteiger partial charge in [-0.15, -0.1) is 0 Å². The summed E-state index contributed by atoms with van der Waals surface area (Å²) in [5, 5.41) is 3.12. The molecular weight excluding hydrogens is 450 g/mol. The molecule has 0 saturated heterocycles. The minimum Gasteiger partial charge on any atom is -0.497 e. The van der Waals surface area contributed by atoms with Crippen LogP contribution in [0.1, 0.15) is 36.8 Å². The van der Waals surface area contributed by atoms with Crippen LogP contribution in [0.2, 0.25) is 0 Å². The molecule has 0 radical (unpaired) electrons. The van der Waals surface area contributed by atoms with Gasteiger partial charge in [-0.1, -0.05) is 55.3 Å². The second kappa shape index (κ2) is 11.3. The highest BCUT2D eigenvalue weighted by Crippen LogP contribution is 2.38. The first-order valence-electron chi connectivity index (χ1n) is 12.5. The average Bonchev–Trinajstić information content (AvgIpc) is 3.39. The number of ether oxygens (including phenoxy) is 1. The summed E-state index contributed by atoms with van der Waals surface area (Å²) < 4.78 is 5.30. The molecule has 1 aliphatic carbocycles. The molecule has 0 aliphatic heterocycles. The van der Waals surface area contributed by atoms with Gasteiger partial charge in [0.1, 0.15) is 11.3 Å². The number of anilines is 2. The minimum absolute atomic E-state index is 0.0444. The van der Waals surface area contributed by atoms with Gasteiger partial charge in [-0.05, 0) is 60.4 Å². The molecule has 3 aromatic carbocycles. The van der Waals surface area contributed by atoms with E-state index in [1.54, 1.807) is 7.11 Å². The molecular formula is C30H35N3O3. The van der Waals surface area contributed by atoms with E-state index in [-0.39, 0.29) is 18.2 Å². The molecule has 0 bridgehead atoms. The van der Waals surface area contributed by atoms with Gasteiger partial charge in [-0.2, -0.15) is 0 Å². The van der Waals surface area contributed by atoms with Crippen molar-refractivity contribution in [1.82, 2.24) is 4.90 Å². The van der Waals surface area contributed by atoms with Crippen LogP contribution < -0.4 is 15.0 Å². The van der Waals surface area contributed by atoms with E-state index in [1.807, 2.05) is 103 Å². The smallest absolute Gasteiger partial charge is 0.250 e. The molecule has 6 heteroatoms. The van der Waals surface area contributed by atoms with Gasteiger partial charge in [0.2, 0.25) is 11.8 Å². The first kappa shape index (κ1) is 25.3. The Morgan fingerprint density at radius 3 is 2.08 bits per heavy atom. The number of hydrogen-bond acceptors (Lipinski definition) is 4. The van der Waals surface area contributed by atoms with E-state index < -0.39 is 5.54 Å². The van der Waals surface area contributed by atoms with E-state index in [0.717, 1.165) is 41.1 Å².